The van der Waals surface area contributed by atoms with Gasteiger partial charge in [0.15, 0.2) is 27.2 Å². The number of ether oxygens (including phenoxy) is 1. The Morgan fingerprint density at radius 3 is 2.16 bits per heavy atom. The van der Waals surface area contributed by atoms with Gasteiger partial charge in [-0.1, -0.05) is 29.8 Å². The number of sulfone groups is 1. The molecule has 0 fully saturated rings. The molecule has 0 atom stereocenters. The SMILES string of the molecule is Cc1nc(-c2ccc(OC(F)(F)F)cc2)c(-c2cc(-c3ccc(CO)c(S(C)(=O)=O)c3)ccc2-n2cc(Cl)c(C(F)(F)F)n2)o1. The first kappa shape index (κ1) is 32.1. The van der Waals surface area contributed by atoms with Crippen LogP contribution in [0.15, 0.2) is 76.2 Å². The van der Waals surface area contributed by atoms with Crippen molar-refractivity contribution in [3.05, 3.63) is 89.0 Å². The zero-order valence-electron chi connectivity index (χ0n) is 23.0. The highest BCUT2D eigenvalue weighted by atomic mass is 35.5. The van der Waals surface area contributed by atoms with Gasteiger partial charge in [0.25, 0.3) is 0 Å². The highest BCUT2D eigenvalue weighted by molar-refractivity contribution is 7.90. The first-order chi connectivity index (χ1) is 20.9. The molecule has 2 aromatic heterocycles. The molecule has 8 nitrogen and oxygen atoms in total. The lowest BCUT2D eigenvalue weighted by Crippen LogP contribution is -2.16. The van der Waals surface area contributed by atoms with Crippen LogP contribution in [0.1, 0.15) is 17.1 Å². The van der Waals surface area contributed by atoms with Crippen LogP contribution in [0, 0.1) is 6.92 Å². The van der Waals surface area contributed by atoms with Crippen LogP contribution in [-0.2, 0) is 22.6 Å². The van der Waals surface area contributed by atoms with Gasteiger partial charge in [-0.25, -0.2) is 18.1 Å². The van der Waals surface area contributed by atoms with Crippen LogP contribution in [0.2, 0.25) is 5.02 Å². The Balaban J connectivity index is 1.73. The predicted molar refractivity (Wildman–Crippen MR) is 150 cm³/mol. The first-order valence-electron chi connectivity index (χ1n) is 12.7. The number of rotatable bonds is 7. The summed E-state index contributed by atoms with van der Waals surface area (Å²) in [7, 11) is -3.76. The van der Waals surface area contributed by atoms with Gasteiger partial charge in [-0.2, -0.15) is 18.3 Å². The molecular formula is C29H20ClF6N3O5S. The monoisotopic (exact) mass is 671 g/mol. The quantitative estimate of drug-likeness (QED) is 0.177. The lowest BCUT2D eigenvalue weighted by molar-refractivity contribution is -0.274. The van der Waals surface area contributed by atoms with E-state index in [1.165, 1.54) is 49.4 Å². The summed E-state index contributed by atoms with van der Waals surface area (Å²) >= 11 is 5.88. The number of hydrogen-bond donors (Lipinski definition) is 1. The second-order valence-corrected chi connectivity index (χ2v) is 12.1. The average Bonchev–Trinajstić information content (AvgIpc) is 3.54. The molecule has 5 rings (SSSR count). The van der Waals surface area contributed by atoms with E-state index >= 15 is 0 Å². The maximum Gasteiger partial charge on any atom is 0.573 e. The molecule has 2 heterocycles. The summed E-state index contributed by atoms with van der Waals surface area (Å²) in [5.41, 5.74) is 0.202. The molecule has 0 saturated heterocycles. The Kier molecular flexibility index (Phi) is 8.23. The number of aliphatic hydroxyl groups excluding tert-OH is 1. The summed E-state index contributed by atoms with van der Waals surface area (Å²) in [6, 6.07) is 13.5. The van der Waals surface area contributed by atoms with Gasteiger partial charge in [-0.15, -0.1) is 13.2 Å². The van der Waals surface area contributed by atoms with Crippen molar-refractivity contribution in [2.24, 2.45) is 0 Å². The molecule has 0 aliphatic rings. The number of benzene rings is 3. The second kappa shape index (κ2) is 11.5. The summed E-state index contributed by atoms with van der Waals surface area (Å²) < 4.78 is 114. The average molecular weight is 672 g/mol. The zero-order valence-corrected chi connectivity index (χ0v) is 24.6. The van der Waals surface area contributed by atoms with Crippen LogP contribution in [-0.4, -0.2) is 40.9 Å². The molecule has 0 aliphatic carbocycles. The number of aryl methyl sites for hydroxylation is 1. The van der Waals surface area contributed by atoms with E-state index in [0.717, 1.165) is 29.3 Å². The minimum Gasteiger partial charge on any atom is -0.440 e. The molecular weight excluding hydrogens is 652 g/mol. The van der Waals surface area contributed by atoms with Gasteiger partial charge < -0.3 is 14.3 Å². The molecule has 45 heavy (non-hydrogen) atoms. The fraction of sp³-hybridized carbons (Fsp3) is 0.172. The van der Waals surface area contributed by atoms with Gasteiger partial charge in [0.1, 0.15) is 11.4 Å². The summed E-state index contributed by atoms with van der Waals surface area (Å²) in [5.74, 6) is -0.355. The summed E-state index contributed by atoms with van der Waals surface area (Å²) in [5, 5.41) is 12.6. The molecule has 236 valence electrons. The number of oxazole rings is 1. The van der Waals surface area contributed by atoms with Crippen LogP contribution >= 0.6 is 11.6 Å². The van der Waals surface area contributed by atoms with Gasteiger partial charge >= 0.3 is 12.5 Å². The first-order valence-corrected chi connectivity index (χ1v) is 15.0. The molecule has 16 heteroatoms. The maximum absolute atomic E-state index is 13.6. The second-order valence-electron chi connectivity index (χ2n) is 9.74. The maximum atomic E-state index is 13.6. The van der Waals surface area contributed by atoms with Gasteiger partial charge in [0.05, 0.1) is 28.4 Å². The normalized spacial score (nSPS) is 12.5. The molecule has 0 unspecified atom stereocenters. The van der Waals surface area contributed by atoms with E-state index in [0.29, 0.717) is 11.1 Å². The number of hydrogen-bond acceptors (Lipinski definition) is 7. The number of aliphatic hydroxyl groups is 1. The molecule has 3 aromatic carbocycles. The van der Waals surface area contributed by atoms with E-state index in [2.05, 4.69) is 14.8 Å². The molecule has 1 N–H and O–H groups in total. The van der Waals surface area contributed by atoms with Crippen molar-refractivity contribution >= 4 is 21.4 Å². The van der Waals surface area contributed by atoms with E-state index in [9.17, 15) is 39.9 Å². The van der Waals surface area contributed by atoms with Crippen molar-refractivity contribution in [1.29, 1.82) is 0 Å². The van der Waals surface area contributed by atoms with E-state index < -0.39 is 45.4 Å². The van der Waals surface area contributed by atoms with Crippen LogP contribution in [0.3, 0.4) is 0 Å². The minimum absolute atomic E-state index is 0.0179. The summed E-state index contributed by atoms with van der Waals surface area (Å²) in [6.07, 6.45) is -7.85. The minimum atomic E-state index is -4.92. The zero-order chi connectivity index (χ0) is 32.9. The Hall–Kier alpha value is -4.34. The highest BCUT2D eigenvalue weighted by Gasteiger charge is 2.37. The third kappa shape index (κ3) is 6.84. The smallest absolute Gasteiger partial charge is 0.440 e. The van der Waals surface area contributed by atoms with Crippen molar-refractivity contribution in [2.75, 3.05) is 6.26 Å². The molecule has 0 spiro atoms. The van der Waals surface area contributed by atoms with E-state index in [1.807, 2.05) is 0 Å². The predicted octanol–water partition coefficient (Wildman–Crippen LogP) is 7.64. The molecule has 0 amide bonds. The third-order valence-corrected chi connectivity index (χ3v) is 7.95. The molecule has 0 aliphatic heterocycles. The van der Waals surface area contributed by atoms with Crippen LogP contribution in [0.25, 0.3) is 39.4 Å². The Morgan fingerprint density at radius 1 is 0.956 bits per heavy atom. The van der Waals surface area contributed by atoms with Gasteiger partial charge in [0, 0.05) is 24.3 Å². The fourth-order valence-corrected chi connectivity index (χ4v) is 5.78. The van der Waals surface area contributed by atoms with E-state index in [4.69, 9.17) is 16.0 Å². The van der Waals surface area contributed by atoms with Crippen molar-refractivity contribution < 1.29 is 49.0 Å². The standard InChI is InChI=1S/C29H20ClF6N3O5S/c1-15-37-25(16-5-8-20(9-6-16)44-29(34,35)36)26(43-15)21-11-17(18-3-4-19(14-40)24(12-18)45(2,41)42)7-10-23(21)39-13-22(30)27(38-39)28(31,32)33/h3-13,40H,14H2,1-2H3. The van der Waals surface area contributed by atoms with Crippen molar-refractivity contribution in [3.8, 4) is 45.1 Å². The summed E-state index contributed by atoms with van der Waals surface area (Å²) in [6.45, 7) is 0.957. The highest BCUT2D eigenvalue weighted by Crippen LogP contribution is 2.41. The lowest BCUT2D eigenvalue weighted by Gasteiger charge is -2.14. The van der Waals surface area contributed by atoms with Gasteiger partial charge in [-0.3, -0.25) is 0 Å². The third-order valence-electron chi connectivity index (χ3n) is 6.49. The van der Waals surface area contributed by atoms with Crippen molar-refractivity contribution in [1.82, 2.24) is 14.8 Å². The van der Waals surface area contributed by atoms with E-state index in [1.54, 1.807) is 6.07 Å². The number of halogens is 7. The Labute approximate surface area is 256 Å². The van der Waals surface area contributed by atoms with Crippen LogP contribution in [0.4, 0.5) is 26.3 Å². The number of nitrogens with zero attached hydrogens (tertiary/aromatic N) is 3. The van der Waals surface area contributed by atoms with Crippen molar-refractivity contribution in [2.45, 2.75) is 31.0 Å². The molecule has 0 bridgehead atoms. The Bertz CT molecular complexity index is 2000. The van der Waals surface area contributed by atoms with E-state index in [-0.39, 0.29) is 44.6 Å². The number of alkyl halides is 6. The van der Waals surface area contributed by atoms with Crippen LogP contribution in [0.5, 0.6) is 5.75 Å². The van der Waals surface area contributed by atoms with Gasteiger partial charge in [-0.05, 0) is 59.2 Å². The number of aromatic nitrogens is 3. The summed E-state index contributed by atoms with van der Waals surface area (Å²) in [4.78, 5) is 4.23. The topological polar surface area (TPSA) is 107 Å². The molecule has 0 radical (unpaired) electrons. The van der Waals surface area contributed by atoms with Gasteiger partial charge in [0.2, 0.25) is 0 Å². The lowest BCUT2D eigenvalue weighted by atomic mass is 9.97. The fourth-order valence-electron chi connectivity index (χ4n) is 4.60. The molecule has 0 saturated carbocycles. The van der Waals surface area contributed by atoms with Crippen molar-refractivity contribution in [3.63, 3.8) is 0 Å². The Morgan fingerprint density at radius 2 is 1.58 bits per heavy atom. The molecule has 5 aromatic rings. The largest absolute Gasteiger partial charge is 0.573 e. The van der Waals surface area contributed by atoms with Crippen LogP contribution < -0.4 is 4.74 Å².